The van der Waals surface area contributed by atoms with E-state index in [1.54, 1.807) is 17.8 Å². The number of nitrogens with zero attached hydrogens (tertiary/aromatic N) is 5. The van der Waals surface area contributed by atoms with Crippen molar-refractivity contribution >= 4 is 11.8 Å². The van der Waals surface area contributed by atoms with Crippen LogP contribution in [-0.2, 0) is 4.79 Å². The van der Waals surface area contributed by atoms with Crippen LogP contribution in [0.1, 0.15) is 23.0 Å². The summed E-state index contributed by atoms with van der Waals surface area (Å²) in [5, 5.41) is 10.8. The first-order valence-electron chi connectivity index (χ1n) is 8.78. The quantitative estimate of drug-likeness (QED) is 0.842. The van der Waals surface area contributed by atoms with Gasteiger partial charge in [0.25, 0.3) is 5.91 Å². The van der Waals surface area contributed by atoms with Gasteiger partial charge in [0.05, 0.1) is 11.9 Å². The topological polar surface area (TPSA) is 83.4 Å². The molecule has 138 valence electrons. The Hall–Kier alpha value is -2.74. The van der Waals surface area contributed by atoms with Gasteiger partial charge in [-0.15, -0.1) is 5.10 Å². The first-order valence-corrected chi connectivity index (χ1v) is 8.78. The van der Waals surface area contributed by atoms with E-state index in [0.717, 1.165) is 44.0 Å². The maximum absolute atomic E-state index is 12.2. The summed E-state index contributed by atoms with van der Waals surface area (Å²) in [7, 11) is 0. The van der Waals surface area contributed by atoms with Crippen LogP contribution in [0, 0.1) is 6.92 Å². The highest BCUT2D eigenvalue weighted by molar-refractivity contribution is 5.91. The molecule has 0 radical (unpaired) electrons. The molecule has 1 aromatic carbocycles. The fourth-order valence-corrected chi connectivity index (χ4v) is 2.90. The van der Waals surface area contributed by atoms with E-state index in [2.05, 4.69) is 20.5 Å². The molecule has 0 saturated carbocycles. The molecular formula is C18H24N6O2. The number of aromatic nitrogens is 3. The standard InChI is InChI=1S/C18H24N6O2/c1-14-3-5-16(6-4-14)24-13-17(20-21-24)18(26)19-7-8-22-9-11-23(12-10-22)15(2)25/h3-6,13H,7-12H2,1-2H3,(H,19,26). The summed E-state index contributed by atoms with van der Waals surface area (Å²) in [4.78, 5) is 27.6. The second-order valence-electron chi connectivity index (χ2n) is 6.49. The molecule has 1 fully saturated rings. The molecule has 8 nitrogen and oxygen atoms in total. The molecule has 1 aliphatic rings. The van der Waals surface area contributed by atoms with Crippen LogP contribution < -0.4 is 5.32 Å². The second-order valence-corrected chi connectivity index (χ2v) is 6.49. The third-order valence-corrected chi connectivity index (χ3v) is 4.56. The zero-order valence-corrected chi connectivity index (χ0v) is 15.2. The van der Waals surface area contributed by atoms with Crippen LogP contribution >= 0.6 is 0 Å². The molecule has 1 aromatic heterocycles. The van der Waals surface area contributed by atoms with Crippen molar-refractivity contribution < 1.29 is 9.59 Å². The lowest BCUT2D eigenvalue weighted by atomic mass is 10.2. The molecule has 0 unspecified atom stereocenters. The number of carbonyl (C=O) groups excluding carboxylic acids is 2. The van der Waals surface area contributed by atoms with E-state index >= 15 is 0 Å². The number of rotatable bonds is 5. The van der Waals surface area contributed by atoms with Crippen molar-refractivity contribution in [3.63, 3.8) is 0 Å². The molecule has 0 bridgehead atoms. The molecule has 1 N–H and O–H groups in total. The summed E-state index contributed by atoms with van der Waals surface area (Å²) in [6.45, 7) is 8.06. The van der Waals surface area contributed by atoms with Crippen LogP contribution in [0.15, 0.2) is 30.5 Å². The highest BCUT2D eigenvalue weighted by Gasteiger charge is 2.18. The van der Waals surface area contributed by atoms with E-state index in [4.69, 9.17) is 0 Å². The molecule has 1 aliphatic heterocycles. The Morgan fingerprint density at radius 1 is 1.12 bits per heavy atom. The number of hydrogen-bond acceptors (Lipinski definition) is 5. The van der Waals surface area contributed by atoms with E-state index < -0.39 is 0 Å². The monoisotopic (exact) mass is 356 g/mol. The van der Waals surface area contributed by atoms with Crippen molar-refractivity contribution in [1.29, 1.82) is 0 Å². The SMILES string of the molecule is CC(=O)N1CCN(CCNC(=O)c2cn(-c3ccc(C)cc3)nn2)CC1. The van der Waals surface area contributed by atoms with E-state index in [0.29, 0.717) is 12.2 Å². The number of nitrogens with one attached hydrogen (secondary N) is 1. The van der Waals surface area contributed by atoms with Gasteiger partial charge in [-0.2, -0.15) is 0 Å². The molecule has 1 saturated heterocycles. The Bertz CT molecular complexity index is 762. The van der Waals surface area contributed by atoms with Crippen molar-refractivity contribution in [3.8, 4) is 5.69 Å². The van der Waals surface area contributed by atoms with E-state index in [1.807, 2.05) is 36.1 Å². The van der Waals surface area contributed by atoms with Gasteiger partial charge in [-0.05, 0) is 19.1 Å². The molecule has 2 heterocycles. The van der Waals surface area contributed by atoms with Crippen molar-refractivity contribution in [2.24, 2.45) is 0 Å². The number of hydrogen-bond donors (Lipinski definition) is 1. The number of piperazine rings is 1. The third kappa shape index (κ3) is 4.45. The lowest BCUT2D eigenvalue weighted by molar-refractivity contribution is -0.130. The summed E-state index contributed by atoms with van der Waals surface area (Å²) < 4.78 is 1.59. The molecule has 3 rings (SSSR count). The molecule has 2 amide bonds. The number of aryl methyl sites for hydroxylation is 1. The molecule has 2 aromatic rings. The molecule has 0 spiro atoms. The zero-order valence-electron chi connectivity index (χ0n) is 15.2. The minimum Gasteiger partial charge on any atom is -0.349 e. The lowest BCUT2D eigenvalue weighted by Crippen LogP contribution is -2.49. The van der Waals surface area contributed by atoms with Crippen LogP contribution in [0.25, 0.3) is 5.69 Å². The van der Waals surface area contributed by atoms with Crippen molar-refractivity contribution in [3.05, 3.63) is 41.7 Å². The normalized spacial score (nSPS) is 15.1. The Morgan fingerprint density at radius 3 is 2.46 bits per heavy atom. The van der Waals surface area contributed by atoms with Crippen LogP contribution in [0.2, 0.25) is 0 Å². The van der Waals surface area contributed by atoms with E-state index in [-0.39, 0.29) is 11.8 Å². The van der Waals surface area contributed by atoms with Gasteiger partial charge in [0.2, 0.25) is 5.91 Å². The first-order chi connectivity index (χ1) is 12.5. The Labute approximate surface area is 152 Å². The summed E-state index contributed by atoms with van der Waals surface area (Å²) in [6, 6.07) is 7.85. The summed E-state index contributed by atoms with van der Waals surface area (Å²) in [5.41, 5.74) is 2.33. The zero-order chi connectivity index (χ0) is 18.5. The maximum atomic E-state index is 12.2. The van der Waals surface area contributed by atoms with Gasteiger partial charge in [-0.3, -0.25) is 14.5 Å². The summed E-state index contributed by atoms with van der Waals surface area (Å²) in [6.07, 6.45) is 1.63. The molecule has 0 aliphatic carbocycles. The summed E-state index contributed by atoms with van der Waals surface area (Å²) >= 11 is 0. The Balaban J connectivity index is 1.46. The van der Waals surface area contributed by atoms with E-state index in [9.17, 15) is 9.59 Å². The van der Waals surface area contributed by atoms with Gasteiger partial charge in [0, 0.05) is 46.2 Å². The average molecular weight is 356 g/mol. The van der Waals surface area contributed by atoms with Crippen LogP contribution in [-0.4, -0.2) is 75.9 Å². The number of benzene rings is 1. The Morgan fingerprint density at radius 2 is 1.81 bits per heavy atom. The lowest BCUT2D eigenvalue weighted by Gasteiger charge is -2.34. The van der Waals surface area contributed by atoms with Gasteiger partial charge in [0.1, 0.15) is 0 Å². The highest BCUT2D eigenvalue weighted by atomic mass is 16.2. The molecule has 26 heavy (non-hydrogen) atoms. The van der Waals surface area contributed by atoms with Crippen molar-refractivity contribution in [2.75, 3.05) is 39.3 Å². The Kier molecular flexibility index (Phi) is 5.62. The summed E-state index contributed by atoms with van der Waals surface area (Å²) in [5.74, 6) is -0.111. The maximum Gasteiger partial charge on any atom is 0.273 e. The minimum atomic E-state index is -0.231. The fourth-order valence-electron chi connectivity index (χ4n) is 2.90. The molecule has 8 heteroatoms. The smallest absolute Gasteiger partial charge is 0.273 e. The number of carbonyl (C=O) groups is 2. The molecular weight excluding hydrogens is 332 g/mol. The average Bonchev–Trinajstić information content (AvgIpc) is 3.13. The van der Waals surface area contributed by atoms with E-state index in [1.165, 1.54) is 0 Å². The van der Waals surface area contributed by atoms with Crippen molar-refractivity contribution in [2.45, 2.75) is 13.8 Å². The van der Waals surface area contributed by atoms with Gasteiger partial charge >= 0.3 is 0 Å². The van der Waals surface area contributed by atoms with Crippen LogP contribution in [0.5, 0.6) is 0 Å². The first kappa shape index (κ1) is 18.1. The fraction of sp³-hybridized carbons (Fsp3) is 0.444. The van der Waals surface area contributed by atoms with Gasteiger partial charge in [0.15, 0.2) is 5.69 Å². The molecule has 0 atom stereocenters. The largest absolute Gasteiger partial charge is 0.349 e. The second kappa shape index (κ2) is 8.09. The van der Waals surface area contributed by atoms with Crippen LogP contribution in [0.3, 0.4) is 0 Å². The highest BCUT2D eigenvalue weighted by Crippen LogP contribution is 2.08. The minimum absolute atomic E-state index is 0.120. The van der Waals surface area contributed by atoms with Gasteiger partial charge in [-0.25, -0.2) is 4.68 Å². The van der Waals surface area contributed by atoms with Gasteiger partial charge in [-0.1, -0.05) is 22.9 Å². The third-order valence-electron chi connectivity index (χ3n) is 4.56. The predicted octanol–water partition coefficient (Wildman–Crippen LogP) is 0.470. The van der Waals surface area contributed by atoms with Gasteiger partial charge < -0.3 is 10.2 Å². The van der Waals surface area contributed by atoms with Crippen molar-refractivity contribution in [1.82, 2.24) is 30.1 Å². The number of amides is 2. The van der Waals surface area contributed by atoms with Crippen LogP contribution in [0.4, 0.5) is 0 Å². The predicted molar refractivity (Wildman–Crippen MR) is 97.1 cm³/mol.